The first kappa shape index (κ1) is 31.6. The lowest BCUT2D eigenvalue weighted by atomic mass is 10.1. The largest absolute Gasteiger partial charge is 0.192 e. The summed E-state index contributed by atoms with van der Waals surface area (Å²) >= 11 is 0. The summed E-state index contributed by atoms with van der Waals surface area (Å²) in [5, 5.41) is 4.30. The summed E-state index contributed by atoms with van der Waals surface area (Å²) in [6.45, 7) is 8.16. The van der Waals surface area contributed by atoms with Crippen molar-refractivity contribution < 1.29 is 0 Å². The van der Waals surface area contributed by atoms with Crippen LogP contribution in [-0.4, -0.2) is 25.0 Å². The second kappa shape index (κ2) is 23.0. The molecule has 0 radical (unpaired) electrons. The van der Waals surface area contributed by atoms with E-state index in [9.17, 15) is 0 Å². The van der Waals surface area contributed by atoms with Crippen molar-refractivity contribution >= 4 is 7.41 Å². The van der Waals surface area contributed by atoms with Gasteiger partial charge in [0.25, 0.3) is 0 Å². The van der Waals surface area contributed by atoms with Gasteiger partial charge in [-0.15, -0.1) is 0 Å². The van der Waals surface area contributed by atoms with Crippen molar-refractivity contribution in [3.05, 3.63) is 35.9 Å². The van der Waals surface area contributed by atoms with Gasteiger partial charge in [-0.25, -0.2) is 0 Å². The highest BCUT2D eigenvalue weighted by molar-refractivity contribution is 7.74. The second-order valence-corrected chi connectivity index (χ2v) is 14.7. The topological polar surface area (TPSA) is 12.0 Å². The zero-order valence-electron chi connectivity index (χ0n) is 23.6. The normalized spacial score (nSPS) is 11.9. The highest BCUT2D eigenvalue weighted by Crippen LogP contribution is 2.57. The summed E-state index contributed by atoms with van der Waals surface area (Å²) in [5.41, 5.74) is 1.49. The van der Waals surface area contributed by atoms with Crippen LogP contribution in [0.5, 0.6) is 0 Å². The van der Waals surface area contributed by atoms with Crippen molar-refractivity contribution in [2.75, 3.05) is 25.0 Å². The number of hydrogen-bond donors (Lipinski definition) is 1. The maximum Gasteiger partial charge on any atom is 0.0799 e. The molecule has 34 heavy (non-hydrogen) atoms. The minimum atomic E-state index is -1.05. The first-order chi connectivity index (χ1) is 16.8. The maximum absolute atomic E-state index is 4.30. The lowest BCUT2D eigenvalue weighted by Gasteiger charge is -2.29. The van der Waals surface area contributed by atoms with Crippen LogP contribution in [0.3, 0.4) is 0 Å². The van der Waals surface area contributed by atoms with E-state index in [0.717, 1.165) is 0 Å². The van der Waals surface area contributed by atoms with E-state index in [0.29, 0.717) is 0 Å². The van der Waals surface area contributed by atoms with E-state index in [1.54, 1.807) is 0 Å². The number of unbranched alkanes of at least 4 members (excludes halogenated alkanes) is 15. The van der Waals surface area contributed by atoms with Crippen LogP contribution in [0.4, 0.5) is 0 Å². The minimum absolute atomic E-state index is 1.05. The molecule has 2 heteroatoms. The molecule has 198 valence electrons. The lowest BCUT2D eigenvalue weighted by Crippen LogP contribution is -2.26. The summed E-state index contributed by atoms with van der Waals surface area (Å²) in [6, 6.07) is 11.1. The van der Waals surface area contributed by atoms with Gasteiger partial charge < -0.3 is 0 Å². The van der Waals surface area contributed by atoms with E-state index in [2.05, 4.69) is 56.2 Å². The van der Waals surface area contributed by atoms with Crippen LogP contribution < -0.4 is 5.09 Å². The average Bonchev–Trinajstić information content (AvgIpc) is 2.86. The van der Waals surface area contributed by atoms with Crippen LogP contribution in [0, 0.1) is 0 Å². The molecule has 0 atom stereocenters. The molecule has 0 aromatic heterocycles. The van der Waals surface area contributed by atoms with Crippen molar-refractivity contribution in [3.63, 3.8) is 0 Å². The Labute approximate surface area is 216 Å². The standard InChI is InChI=1S/C32H61NP/c1-4-7-10-13-16-22-29-34(30-23-17-14-11-8-5-2,31-24-18-15-12-9-6-3)33-28-27-32-25-20-19-21-26-32/h19-21,25-26,33H,4-18,22-24,27-31H2,1-3H3/q+1. The van der Waals surface area contributed by atoms with Gasteiger partial charge in [0.05, 0.1) is 25.9 Å². The van der Waals surface area contributed by atoms with Gasteiger partial charge in [0.1, 0.15) is 0 Å². The molecule has 0 bridgehead atoms. The highest BCUT2D eigenvalue weighted by atomic mass is 31.2. The van der Waals surface area contributed by atoms with Crippen LogP contribution in [0.15, 0.2) is 30.3 Å². The molecule has 0 aliphatic rings. The molecular formula is C32H61NP+. The summed E-state index contributed by atoms with van der Waals surface area (Å²) in [5.74, 6) is 0. The monoisotopic (exact) mass is 490 g/mol. The molecule has 0 saturated heterocycles. The van der Waals surface area contributed by atoms with Crippen molar-refractivity contribution in [2.45, 2.75) is 143 Å². The Morgan fingerprint density at radius 2 is 0.882 bits per heavy atom. The van der Waals surface area contributed by atoms with Crippen LogP contribution in [0.1, 0.15) is 142 Å². The Morgan fingerprint density at radius 1 is 0.500 bits per heavy atom. The van der Waals surface area contributed by atoms with E-state index in [1.807, 2.05) is 0 Å². The summed E-state index contributed by atoms with van der Waals surface area (Å²) < 4.78 is 0. The average molecular weight is 491 g/mol. The zero-order chi connectivity index (χ0) is 24.6. The van der Waals surface area contributed by atoms with Gasteiger partial charge >= 0.3 is 0 Å². The Morgan fingerprint density at radius 3 is 1.29 bits per heavy atom. The van der Waals surface area contributed by atoms with E-state index in [4.69, 9.17) is 0 Å². The molecule has 0 aliphatic heterocycles. The van der Waals surface area contributed by atoms with E-state index in [-0.39, 0.29) is 0 Å². The second-order valence-electron chi connectivity index (χ2n) is 10.8. The third-order valence-corrected chi connectivity index (χ3v) is 11.9. The SMILES string of the molecule is CCCCCCCC[P+](CCCCCCCC)(CCCCCCCC)NCCc1ccccc1. The minimum Gasteiger partial charge on any atom is -0.192 e. The summed E-state index contributed by atoms with van der Waals surface area (Å²) in [4.78, 5) is 0. The summed E-state index contributed by atoms with van der Waals surface area (Å²) in [6.07, 6.45) is 31.4. The molecule has 0 amide bonds. The number of benzene rings is 1. The van der Waals surface area contributed by atoms with Crippen molar-refractivity contribution in [1.29, 1.82) is 0 Å². The molecule has 0 unspecified atom stereocenters. The quantitative estimate of drug-likeness (QED) is 0.106. The van der Waals surface area contributed by atoms with E-state index >= 15 is 0 Å². The van der Waals surface area contributed by atoms with Gasteiger partial charge in [-0.2, -0.15) is 5.09 Å². The van der Waals surface area contributed by atoms with Crippen LogP contribution in [0.25, 0.3) is 0 Å². The van der Waals surface area contributed by atoms with Gasteiger partial charge in [0.15, 0.2) is 0 Å². The van der Waals surface area contributed by atoms with E-state index < -0.39 is 7.41 Å². The molecule has 0 aliphatic carbocycles. The number of hydrogen-bond acceptors (Lipinski definition) is 1. The third-order valence-electron chi connectivity index (χ3n) is 7.52. The first-order valence-electron chi connectivity index (χ1n) is 15.4. The lowest BCUT2D eigenvalue weighted by molar-refractivity contribution is 0.613. The van der Waals surface area contributed by atoms with Gasteiger partial charge in [-0.05, 0) is 50.5 Å². The van der Waals surface area contributed by atoms with Crippen molar-refractivity contribution in [3.8, 4) is 0 Å². The molecule has 1 aromatic rings. The number of nitrogens with one attached hydrogen (secondary N) is 1. The predicted molar refractivity (Wildman–Crippen MR) is 160 cm³/mol. The molecule has 0 spiro atoms. The highest BCUT2D eigenvalue weighted by Gasteiger charge is 2.35. The molecule has 0 fully saturated rings. The summed E-state index contributed by atoms with van der Waals surface area (Å²) in [7, 11) is -1.05. The Hall–Kier alpha value is -0.390. The smallest absolute Gasteiger partial charge is 0.0799 e. The maximum atomic E-state index is 4.30. The van der Waals surface area contributed by atoms with E-state index in [1.165, 1.54) is 153 Å². The zero-order valence-corrected chi connectivity index (χ0v) is 24.5. The van der Waals surface area contributed by atoms with Gasteiger partial charge in [0, 0.05) is 6.54 Å². The van der Waals surface area contributed by atoms with Gasteiger partial charge in [-0.3, -0.25) is 0 Å². The van der Waals surface area contributed by atoms with Gasteiger partial charge in [0.2, 0.25) is 0 Å². The fourth-order valence-electron chi connectivity index (χ4n) is 5.24. The fraction of sp³-hybridized carbons (Fsp3) is 0.812. The van der Waals surface area contributed by atoms with Gasteiger partial charge in [-0.1, -0.05) is 128 Å². The fourth-order valence-corrected chi connectivity index (χ4v) is 9.46. The van der Waals surface area contributed by atoms with Crippen molar-refractivity contribution in [2.24, 2.45) is 0 Å². The Balaban J connectivity index is 2.66. The molecule has 0 saturated carbocycles. The molecular weight excluding hydrogens is 429 g/mol. The van der Waals surface area contributed by atoms with Crippen LogP contribution in [0.2, 0.25) is 0 Å². The predicted octanol–water partition coefficient (Wildman–Crippen LogP) is 10.8. The van der Waals surface area contributed by atoms with Crippen LogP contribution >= 0.6 is 7.41 Å². The molecule has 0 heterocycles. The Bertz CT molecular complexity index is 488. The van der Waals surface area contributed by atoms with Crippen LogP contribution in [-0.2, 0) is 6.42 Å². The Kier molecular flexibility index (Phi) is 21.4. The first-order valence-corrected chi connectivity index (χ1v) is 17.8. The molecule has 1 N–H and O–H groups in total. The molecule has 1 rings (SSSR count). The molecule has 1 aromatic carbocycles. The third kappa shape index (κ3) is 17.1. The number of rotatable bonds is 25. The molecule has 1 nitrogen and oxygen atoms in total. The van der Waals surface area contributed by atoms with Crippen molar-refractivity contribution in [1.82, 2.24) is 5.09 Å².